The number of hydrogen-bond donors (Lipinski definition) is 1. The van der Waals surface area contributed by atoms with E-state index >= 15 is 0 Å². The Hall–Kier alpha value is -2.54. The largest absolute Gasteiger partial charge is 0.416 e. The van der Waals surface area contributed by atoms with Gasteiger partial charge in [0.2, 0.25) is 0 Å². The van der Waals surface area contributed by atoms with E-state index in [1.807, 2.05) is 20.8 Å². The van der Waals surface area contributed by atoms with E-state index in [1.165, 1.54) is 28.9 Å². The van der Waals surface area contributed by atoms with Crippen LogP contribution in [-0.4, -0.2) is 34.9 Å². The number of hydrogen-bond acceptors (Lipinski definition) is 6. The van der Waals surface area contributed by atoms with E-state index in [2.05, 4.69) is 6.07 Å². The smallest absolute Gasteiger partial charge is 0.297 e. The molecule has 0 aromatic heterocycles. The first kappa shape index (κ1) is 28.0. The molecule has 36 heavy (non-hydrogen) atoms. The number of fused-ring (bicyclic) bond motifs is 1. The summed E-state index contributed by atoms with van der Waals surface area (Å²) in [4.78, 5) is 10.5. The van der Waals surface area contributed by atoms with Gasteiger partial charge in [0, 0.05) is 22.6 Å². The van der Waals surface area contributed by atoms with Gasteiger partial charge in [-0.15, -0.1) is 11.8 Å². The van der Waals surface area contributed by atoms with Crippen molar-refractivity contribution in [2.24, 2.45) is 15.8 Å². The van der Waals surface area contributed by atoms with Crippen LogP contribution >= 0.6 is 23.4 Å². The fraction of sp³-hybridized carbons (Fsp3) is 0.423. The number of amidine groups is 1. The second-order valence-corrected chi connectivity index (χ2v) is 10.0. The van der Waals surface area contributed by atoms with Gasteiger partial charge in [-0.3, -0.25) is 10.0 Å². The number of thioether (sulfide) groups is 1. The Morgan fingerprint density at radius 1 is 1.14 bits per heavy atom. The summed E-state index contributed by atoms with van der Waals surface area (Å²) in [5.74, 6) is 7.58. The van der Waals surface area contributed by atoms with Crippen LogP contribution in [0.2, 0.25) is 5.02 Å². The molecule has 5 nitrogen and oxygen atoms in total. The molecule has 10 heteroatoms. The summed E-state index contributed by atoms with van der Waals surface area (Å²) in [5, 5.41) is 11.3. The zero-order valence-corrected chi connectivity index (χ0v) is 22.1. The molecule has 0 fully saturated rings. The highest BCUT2D eigenvalue weighted by Gasteiger charge is 2.33. The summed E-state index contributed by atoms with van der Waals surface area (Å²) in [5.41, 5.74) is 0.949. The average Bonchev–Trinajstić information content (AvgIpc) is 2.99. The number of rotatable bonds is 8. The average molecular weight is 536 g/mol. The molecule has 2 N–H and O–H groups in total. The fourth-order valence-corrected chi connectivity index (χ4v) is 5.17. The van der Waals surface area contributed by atoms with E-state index < -0.39 is 17.8 Å². The van der Waals surface area contributed by atoms with Gasteiger partial charge in [0.25, 0.3) is 0 Å². The Morgan fingerprint density at radius 2 is 1.89 bits per heavy atom. The molecule has 0 bridgehead atoms. The lowest BCUT2D eigenvalue weighted by Gasteiger charge is -2.24. The van der Waals surface area contributed by atoms with Gasteiger partial charge in [0.15, 0.2) is 0 Å². The zero-order chi connectivity index (χ0) is 26.5. The number of benzene rings is 2. The highest BCUT2D eigenvalue weighted by molar-refractivity contribution is 7.99. The number of nitriles is 1. The Labute approximate surface area is 219 Å². The van der Waals surface area contributed by atoms with Crippen molar-refractivity contribution in [1.82, 2.24) is 5.01 Å². The van der Waals surface area contributed by atoms with Crippen LogP contribution in [0, 0.1) is 11.3 Å². The number of nitrogens with two attached hydrogens (primary N) is 1. The molecule has 1 heterocycles. The number of halogens is 4. The highest BCUT2D eigenvalue weighted by Crippen LogP contribution is 2.39. The lowest BCUT2D eigenvalue weighted by molar-refractivity contribution is -0.137. The summed E-state index contributed by atoms with van der Waals surface area (Å²) in [7, 11) is 0. The standard InChI is InChI=1S/C26H29ClF3N5S/c1-4-7-20-25(35(32)10-5-2)34-21-13-16(15-31)12-19(27)23(21)24(33-20)18-14-17(26(28,29)30)8-9-22(18)36-11-6-3/h8-9,12-14,20H,4-7,10-11,32H2,1-3H3. The normalized spacial score (nSPS) is 15.5. The molecule has 3 rings (SSSR count). The van der Waals surface area contributed by atoms with Crippen LogP contribution in [0.15, 0.2) is 45.2 Å². The van der Waals surface area contributed by atoms with Gasteiger partial charge in [-0.2, -0.15) is 18.4 Å². The van der Waals surface area contributed by atoms with Crippen LogP contribution < -0.4 is 5.84 Å². The first-order valence-corrected chi connectivity index (χ1v) is 13.3. The van der Waals surface area contributed by atoms with Crippen LogP contribution in [-0.2, 0) is 6.18 Å². The van der Waals surface area contributed by atoms with Crippen molar-refractivity contribution in [3.05, 3.63) is 57.6 Å². The van der Waals surface area contributed by atoms with Crippen molar-refractivity contribution in [2.45, 2.75) is 63.6 Å². The third-order valence-corrected chi connectivity index (χ3v) is 7.18. The molecule has 0 spiro atoms. The Morgan fingerprint density at radius 3 is 2.50 bits per heavy atom. The van der Waals surface area contributed by atoms with E-state index in [0.29, 0.717) is 51.8 Å². The summed E-state index contributed by atoms with van der Waals surface area (Å²) in [6.45, 7) is 6.51. The van der Waals surface area contributed by atoms with Crippen molar-refractivity contribution < 1.29 is 13.2 Å². The predicted molar refractivity (Wildman–Crippen MR) is 141 cm³/mol. The minimum atomic E-state index is -4.52. The van der Waals surface area contributed by atoms with Gasteiger partial charge in [-0.25, -0.2) is 10.8 Å². The number of aliphatic imine (C=N–C) groups is 2. The van der Waals surface area contributed by atoms with Gasteiger partial charge in [0.1, 0.15) is 11.9 Å². The lowest BCUT2D eigenvalue weighted by atomic mass is 9.97. The lowest BCUT2D eigenvalue weighted by Crippen LogP contribution is -2.43. The van der Waals surface area contributed by atoms with E-state index in [0.717, 1.165) is 37.1 Å². The Balaban J connectivity index is 2.38. The molecule has 0 saturated carbocycles. The summed E-state index contributed by atoms with van der Waals surface area (Å²) in [6.07, 6.45) is -1.56. The molecule has 0 saturated heterocycles. The second kappa shape index (κ2) is 12.1. The SMILES string of the molecule is CCCSc1ccc(C(F)(F)F)cc1C1=NC(CCC)C(N(N)CCC)=Nc2cc(C#N)cc(Cl)c21. The molecular formula is C26H29ClF3N5S. The van der Waals surface area contributed by atoms with Crippen LogP contribution in [0.5, 0.6) is 0 Å². The maximum absolute atomic E-state index is 13.8. The van der Waals surface area contributed by atoms with Crippen molar-refractivity contribution >= 4 is 40.6 Å². The van der Waals surface area contributed by atoms with Crippen LogP contribution in [0.25, 0.3) is 0 Å². The van der Waals surface area contributed by atoms with Gasteiger partial charge >= 0.3 is 6.18 Å². The van der Waals surface area contributed by atoms with Crippen molar-refractivity contribution in [3.8, 4) is 6.07 Å². The molecule has 2 aromatic rings. The van der Waals surface area contributed by atoms with E-state index in [4.69, 9.17) is 27.4 Å². The first-order valence-electron chi connectivity index (χ1n) is 11.9. The minimum absolute atomic E-state index is 0.200. The van der Waals surface area contributed by atoms with Crippen LogP contribution in [0.4, 0.5) is 18.9 Å². The second-order valence-electron chi connectivity index (χ2n) is 8.47. The minimum Gasteiger partial charge on any atom is -0.297 e. The van der Waals surface area contributed by atoms with Gasteiger partial charge < -0.3 is 0 Å². The topological polar surface area (TPSA) is 77.8 Å². The third-order valence-electron chi connectivity index (χ3n) is 5.60. The maximum atomic E-state index is 13.8. The first-order chi connectivity index (χ1) is 17.1. The van der Waals surface area contributed by atoms with Gasteiger partial charge in [0.05, 0.1) is 33.6 Å². The van der Waals surface area contributed by atoms with E-state index in [-0.39, 0.29) is 5.02 Å². The molecule has 0 radical (unpaired) electrons. The molecule has 0 aliphatic carbocycles. The molecule has 1 aliphatic heterocycles. The predicted octanol–water partition coefficient (Wildman–Crippen LogP) is 7.37. The fourth-order valence-electron chi connectivity index (χ4n) is 3.97. The van der Waals surface area contributed by atoms with E-state index in [1.54, 1.807) is 6.07 Å². The van der Waals surface area contributed by atoms with Crippen LogP contribution in [0.3, 0.4) is 0 Å². The monoisotopic (exact) mass is 535 g/mol. The molecule has 1 unspecified atom stereocenters. The van der Waals surface area contributed by atoms with Gasteiger partial charge in [-0.05, 0) is 55.3 Å². The number of nitrogens with zero attached hydrogens (tertiary/aromatic N) is 4. The zero-order valence-electron chi connectivity index (χ0n) is 20.5. The van der Waals surface area contributed by atoms with Crippen LogP contribution in [0.1, 0.15) is 68.7 Å². The van der Waals surface area contributed by atoms with Crippen molar-refractivity contribution in [1.29, 1.82) is 5.26 Å². The molecule has 2 aromatic carbocycles. The molecule has 192 valence electrons. The molecule has 1 atom stereocenters. The Bertz CT molecular complexity index is 1200. The van der Waals surface area contributed by atoms with Crippen molar-refractivity contribution in [2.75, 3.05) is 12.3 Å². The summed E-state index contributed by atoms with van der Waals surface area (Å²) < 4.78 is 41.3. The highest BCUT2D eigenvalue weighted by atomic mass is 35.5. The summed E-state index contributed by atoms with van der Waals surface area (Å²) >= 11 is 8.14. The van der Waals surface area contributed by atoms with Crippen molar-refractivity contribution in [3.63, 3.8) is 0 Å². The third kappa shape index (κ3) is 6.23. The molecule has 1 aliphatic rings. The van der Waals surface area contributed by atoms with Gasteiger partial charge in [-0.1, -0.05) is 38.8 Å². The van der Waals surface area contributed by atoms with E-state index in [9.17, 15) is 18.4 Å². The quantitative estimate of drug-likeness (QED) is 0.217. The number of hydrazine groups is 1. The Kier molecular flexibility index (Phi) is 9.45. The molecular weight excluding hydrogens is 507 g/mol. The molecule has 0 amide bonds. The summed E-state index contributed by atoms with van der Waals surface area (Å²) in [6, 6.07) is 8.37. The maximum Gasteiger partial charge on any atom is 0.416 e. The number of alkyl halides is 3.